The maximum Gasteiger partial charge on any atom is 0.504 e. The lowest BCUT2D eigenvalue weighted by Gasteiger charge is -2.48. The van der Waals surface area contributed by atoms with Gasteiger partial charge in [-0.15, -0.1) is 4.67 Å². The standard InChI is InChI=1S/C23H19F26O7P/c1-6(2)13(50)53-4-3-5-54-57(52,56-51)55-14(31)15(32,17(35,36)16(33,34)11(28)9(26)7(24)8(25)10(27)12(29)30)18(37,38)19(39,40)20(41,42)21(43,44)22(45,46)23(47,48)49/h7-12,14,51H,1,3-5H2,2H3. The highest BCUT2D eigenvalue weighted by molar-refractivity contribution is 7.48. The van der Waals surface area contributed by atoms with Crippen molar-refractivity contribution >= 4 is 13.8 Å². The van der Waals surface area contributed by atoms with Gasteiger partial charge in [0.05, 0.1) is 13.2 Å². The first-order chi connectivity index (χ1) is 25.0. The van der Waals surface area contributed by atoms with Crippen LogP contribution in [0, 0.1) is 0 Å². The molecule has 1 N–H and O–H groups in total. The zero-order chi connectivity index (χ0) is 46.1. The van der Waals surface area contributed by atoms with Crippen molar-refractivity contribution in [2.75, 3.05) is 13.2 Å². The van der Waals surface area contributed by atoms with Crippen molar-refractivity contribution in [1.29, 1.82) is 0 Å². The topological polar surface area (TPSA) is 91.3 Å². The van der Waals surface area contributed by atoms with Gasteiger partial charge in [0.15, 0.2) is 24.7 Å². The Morgan fingerprint density at radius 2 is 1.02 bits per heavy atom. The SMILES string of the molecule is C=C(C)C(=O)OCCCOP(=O)(OO)OC(F)C(F)(C(F)(F)C(F)(F)C(F)C(F)C(F)C(F)C(F)C(F)F)C(F)(F)C(F)(F)C(F)(F)C(F)(F)C(F)(F)C(F)(F)F. The lowest BCUT2D eigenvalue weighted by molar-refractivity contribution is -0.465. The van der Waals surface area contributed by atoms with E-state index >= 15 is 17.6 Å². The van der Waals surface area contributed by atoms with E-state index in [1.807, 2.05) is 0 Å². The number of phosphoric ester groups is 1. The fraction of sp³-hybridized carbons (Fsp3) is 0.870. The second kappa shape index (κ2) is 17.6. The van der Waals surface area contributed by atoms with Gasteiger partial charge in [0.1, 0.15) is 0 Å². The fourth-order valence-electron chi connectivity index (χ4n) is 3.53. The maximum absolute atomic E-state index is 15.7. The Morgan fingerprint density at radius 1 is 0.614 bits per heavy atom. The Kier molecular flexibility index (Phi) is 16.8. The smallest absolute Gasteiger partial charge is 0.462 e. The van der Waals surface area contributed by atoms with Crippen LogP contribution in [-0.4, -0.2) is 121 Å². The first-order valence-corrected chi connectivity index (χ1v) is 15.1. The van der Waals surface area contributed by atoms with Crippen LogP contribution in [0.5, 0.6) is 0 Å². The van der Waals surface area contributed by atoms with Crippen molar-refractivity contribution in [3.8, 4) is 0 Å². The zero-order valence-electron chi connectivity index (χ0n) is 26.5. The number of hydrogen-bond acceptors (Lipinski definition) is 7. The van der Waals surface area contributed by atoms with Crippen LogP contribution in [0.4, 0.5) is 114 Å². The molecule has 0 amide bonds. The van der Waals surface area contributed by atoms with Gasteiger partial charge in [-0.2, -0.15) is 74.6 Å². The van der Waals surface area contributed by atoms with Crippen LogP contribution in [0.1, 0.15) is 13.3 Å². The largest absolute Gasteiger partial charge is 0.504 e. The predicted octanol–water partition coefficient (Wildman–Crippen LogP) is 10.1. The summed E-state index contributed by atoms with van der Waals surface area (Å²) in [5.74, 6) is -65.9. The van der Waals surface area contributed by atoms with E-state index in [1.54, 1.807) is 0 Å². The van der Waals surface area contributed by atoms with Crippen LogP contribution in [0.3, 0.4) is 0 Å². The summed E-state index contributed by atoms with van der Waals surface area (Å²) < 4.78 is 387. The van der Waals surface area contributed by atoms with E-state index in [2.05, 4.69) is 25.0 Å². The summed E-state index contributed by atoms with van der Waals surface area (Å²) in [4.78, 5) is 11.2. The Balaban J connectivity index is 7.80. The molecule has 0 aliphatic rings. The summed E-state index contributed by atoms with van der Waals surface area (Å²) in [7, 11) is -7.26. The van der Waals surface area contributed by atoms with Crippen LogP contribution < -0.4 is 0 Å². The molecule has 0 spiro atoms. The lowest BCUT2D eigenvalue weighted by Crippen LogP contribution is -2.79. The minimum absolute atomic E-state index is 0.398. The molecule has 0 aromatic rings. The molecule has 0 saturated heterocycles. The molecule has 0 aromatic heterocycles. The van der Waals surface area contributed by atoms with Crippen molar-refractivity contribution in [3.63, 3.8) is 0 Å². The second-order valence-electron chi connectivity index (χ2n) is 10.8. The van der Waals surface area contributed by atoms with Crippen LogP contribution in [0.2, 0.25) is 0 Å². The summed E-state index contributed by atoms with van der Waals surface area (Å²) in [6, 6.07) is 0. The number of ether oxygens (including phenoxy) is 1. The van der Waals surface area contributed by atoms with Gasteiger partial charge in [-0.05, 0) is 6.92 Å². The van der Waals surface area contributed by atoms with Gasteiger partial charge in [-0.1, -0.05) is 6.58 Å². The maximum atomic E-state index is 15.7. The van der Waals surface area contributed by atoms with Crippen LogP contribution in [-0.2, 0) is 27.8 Å². The molecule has 0 bridgehead atoms. The molecule has 57 heavy (non-hydrogen) atoms. The third-order valence-electron chi connectivity index (χ3n) is 6.80. The highest BCUT2D eigenvalue weighted by Gasteiger charge is 2.98. The molecule has 0 radical (unpaired) electrons. The van der Waals surface area contributed by atoms with E-state index in [1.165, 1.54) is 0 Å². The summed E-state index contributed by atoms with van der Waals surface area (Å²) in [5.41, 5.74) is -9.62. The lowest BCUT2D eigenvalue weighted by atomic mass is 9.78. The number of esters is 1. The number of alkyl halides is 26. The molecule has 8 unspecified atom stereocenters. The highest BCUT2D eigenvalue weighted by atomic mass is 31.2. The second-order valence-corrected chi connectivity index (χ2v) is 12.4. The minimum atomic E-state index is -9.68. The van der Waals surface area contributed by atoms with Crippen molar-refractivity contribution in [2.45, 2.75) is 110 Å². The van der Waals surface area contributed by atoms with Gasteiger partial charge in [0.25, 0.3) is 12.8 Å². The molecular formula is C23H19F26O7P. The normalized spacial score (nSPS) is 19.9. The Morgan fingerprint density at radius 3 is 1.40 bits per heavy atom. The third kappa shape index (κ3) is 9.44. The van der Waals surface area contributed by atoms with Gasteiger partial charge in [0.2, 0.25) is 6.17 Å². The predicted molar refractivity (Wildman–Crippen MR) is 129 cm³/mol. The zero-order valence-corrected chi connectivity index (χ0v) is 27.4. The Bertz CT molecular complexity index is 1430. The van der Waals surface area contributed by atoms with Gasteiger partial charge in [0, 0.05) is 12.0 Å². The Labute approximate surface area is 297 Å². The Hall–Kier alpha value is -2.54. The summed E-state index contributed by atoms with van der Waals surface area (Å²) >= 11 is 0. The first kappa shape index (κ1) is 54.5. The van der Waals surface area contributed by atoms with Crippen molar-refractivity contribution in [1.82, 2.24) is 0 Å². The van der Waals surface area contributed by atoms with E-state index in [0.717, 1.165) is 6.92 Å². The van der Waals surface area contributed by atoms with E-state index in [9.17, 15) is 106 Å². The van der Waals surface area contributed by atoms with E-state index in [-0.39, 0.29) is 0 Å². The van der Waals surface area contributed by atoms with Crippen LogP contribution in [0.15, 0.2) is 12.2 Å². The number of carbonyl (C=O) groups excluding carboxylic acids is 1. The van der Waals surface area contributed by atoms with Crippen molar-refractivity contribution in [3.05, 3.63) is 12.2 Å². The monoisotopic (exact) mass is 932 g/mol. The molecule has 34 heteroatoms. The summed E-state index contributed by atoms with van der Waals surface area (Å²) in [6.45, 7) is 1.16. The number of hydrogen-bond donors (Lipinski definition) is 1. The fourth-order valence-corrected chi connectivity index (χ4v) is 4.40. The average Bonchev–Trinajstić information content (AvgIpc) is 3.07. The molecule has 0 saturated carbocycles. The molecule has 0 aliphatic carbocycles. The molecule has 0 heterocycles. The van der Waals surface area contributed by atoms with Crippen LogP contribution in [0.25, 0.3) is 0 Å². The summed E-state index contributed by atoms with van der Waals surface area (Å²) in [6.07, 6.45) is -48.7. The molecule has 340 valence electrons. The van der Waals surface area contributed by atoms with Gasteiger partial charge in [-0.25, -0.2) is 58.7 Å². The number of phosphoric acid groups is 1. The van der Waals surface area contributed by atoms with Gasteiger partial charge in [-0.3, -0.25) is 4.52 Å². The molecule has 8 atom stereocenters. The highest BCUT2D eigenvalue weighted by Crippen LogP contribution is 2.67. The molecular weight excluding hydrogens is 913 g/mol. The molecule has 0 aliphatic heterocycles. The molecule has 0 aromatic carbocycles. The molecule has 0 fully saturated rings. The van der Waals surface area contributed by atoms with Gasteiger partial charge < -0.3 is 4.74 Å². The molecule has 7 nitrogen and oxygen atoms in total. The number of halogens is 26. The van der Waals surface area contributed by atoms with Gasteiger partial charge >= 0.3 is 67.1 Å². The van der Waals surface area contributed by atoms with E-state index in [0.29, 0.717) is 0 Å². The van der Waals surface area contributed by atoms with Crippen molar-refractivity contribution < 1.29 is 147 Å². The quantitative estimate of drug-likeness (QED) is 0.0208. The van der Waals surface area contributed by atoms with Crippen LogP contribution >= 0.6 is 7.82 Å². The third-order valence-corrected chi connectivity index (χ3v) is 7.94. The van der Waals surface area contributed by atoms with E-state index in [4.69, 9.17) is 5.26 Å². The average molecular weight is 932 g/mol. The van der Waals surface area contributed by atoms with Crippen molar-refractivity contribution in [2.24, 2.45) is 0 Å². The number of carbonyl (C=O) groups is 1. The summed E-state index contributed by atoms with van der Waals surface area (Å²) in [5, 5.41) is 8.55. The number of rotatable bonds is 23. The first-order valence-electron chi connectivity index (χ1n) is 13.6. The molecule has 0 rings (SSSR count). The minimum Gasteiger partial charge on any atom is -0.462 e. The van der Waals surface area contributed by atoms with E-state index < -0.39 is 136 Å².